The number of anilines is 1. The fourth-order valence-corrected chi connectivity index (χ4v) is 1.73. The fourth-order valence-electron chi connectivity index (χ4n) is 1.73. The van der Waals surface area contributed by atoms with Crippen LogP contribution < -0.4 is 4.90 Å². The molecule has 2 rings (SSSR count). The number of hydrogen-bond donors (Lipinski definition) is 1. The summed E-state index contributed by atoms with van der Waals surface area (Å²) in [6.45, 7) is 3.45. The zero-order valence-corrected chi connectivity index (χ0v) is 11.6. The van der Waals surface area contributed by atoms with E-state index in [-0.39, 0.29) is 11.7 Å². The van der Waals surface area contributed by atoms with Gasteiger partial charge in [0, 0.05) is 13.1 Å². The molecule has 5 heteroatoms. The van der Waals surface area contributed by atoms with Crippen molar-refractivity contribution in [3.05, 3.63) is 61.2 Å². The molecule has 0 heterocycles. The molecule has 0 aliphatic rings. The molecule has 0 unspecified atom stereocenters. The molecule has 0 aliphatic carbocycles. The molecular formula is C16H15N3O2. The summed E-state index contributed by atoms with van der Waals surface area (Å²) in [6.07, 6.45) is 1.20. The van der Waals surface area contributed by atoms with E-state index in [4.69, 9.17) is 0 Å². The first kappa shape index (κ1) is 14.5. The lowest BCUT2D eigenvalue weighted by molar-refractivity contribution is -0.113. The van der Waals surface area contributed by atoms with Crippen molar-refractivity contribution in [1.29, 1.82) is 0 Å². The van der Waals surface area contributed by atoms with E-state index in [1.807, 2.05) is 30.3 Å². The number of aromatic hydroxyl groups is 1. The van der Waals surface area contributed by atoms with Crippen LogP contribution in [0.1, 0.15) is 0 Å². The Balaban J connectivity index is 2.37. The van der Waals surface area contributed by atoms with E-state index in [9.17, 15) is 9.90 Å². The van der Waals surface area contributed by atoms with Gasteiger partial charge in [0.15, 0.2) is 0 Å². The maximum atomic E-state index is 11.7. The molecule has 0 radical (unpaired) electrons. The monoisotopic (exact) mass is 281 g/mol. The third-order valence-corrected chi connectivity index (χ3v) is 2.85. The first-order valence-electron chi connectivity index (χ1n) is 6.32. The lowest BCUT2D eigenvalue weighted by Crippen LogP contribution is -2.23. The van der Waals surface area contributed by atoms with Crippen LogP contribution in [0.15, 0.2) is 71.4 Å². The molecule has 0 atom stereocenters. The molecule has 1 N–H and O–H groups in total. The normalized spacial score (nSPS) is 10.5. The number of azo groups is 1. The van der Waals surface area contributed by atoms with Crippen LogP contribution in [0.5, 0.6) is 5.75 Å². The van der Waals surface area contributed by atoms with Crippen LogP contribution in [0.3, 0.4) is 0 Å². The minimum absolute atomic E-state index is 0.0485. The van der Waals surface area contributed by atoms with Crippen LogP contribution in [0.25, 0.3) is 0 Å². The number of benzene rings is 2. The Kier molecular flexibility index (Phi) is 4.46. The Morgan fingerprint density at radius 1 is 1.19 bits per heavy atom. The number of hydrogen-bond acceptors (Lipinski definition) is 4. The van der Waals surface area contributed by atoms with Gasteiger partial charge in [-0.2, -0.15) is 5.11 Å². The molecule has 0 saturated carbocycles. The second-order valence-electron chi connectivity index (χ2n) is 4.31. The molecule has 0 fully saturated rings. The van der Waals surface area contributed by atoms with Gasteiger partial charge in [-0.3, -0.25) is 4.79 Å². The number of amides is 1. The van der Waals surface area contributed by atoms with Crippen molar-refractivity contribution >= 4 is 23.0 Å². The number of nitrogens with zero attached hydrogens (tertiary/aromatic N) is 3. The van der Waals surface area contributed by atoms with Crippen LogP contribution in [-0.4, -0.2) is 18.1 Å². The van der Waals surface area contributed by atoms with Gasteiger partial charge in [-0.1, -0.05) is 24.8 Å². The van der Waals surface area contributed by atoms with Crippen molar-refractivity contribution in [2.24, 2.45) is 10.2 Å². The highest BCUT2D eigenvalue weighted by molar-refractivity contribution is 6.02. The first-order chi connectivity index (χ1) is 10.1. The molecule has 2 aromatic rings. The Morgan fingerprint density at radius 3 is 2.57 bits per heavy atom. The average Bonchev–Trinajstić information content (AvgIpc) is 2.53. The van der Waals surface area contributed by atoms with Crippen molar-refractivity contribution in [2.75, 3.05) is 11.9 Å². The summed E-state index contributed by atoms with van der Waals surface area (Å²) in [6, 6.07) is 13.8. The van der Waals surface area contributed by atoms with Crippen LogP contribution in [0, 0.1) is 0 Å². The van der Waals surface area contributed by atoms with Gasteiger partial charge in [0.1, 0.15) is 11.4 Å². The van der Waals surface area contributed by atoms with Gasteiger partial charge in [0.05, 0.1) is 11.4 Å². The summed E-state index contributed by atoms with van der Waals surface area (Å²) in [5.74, 6) is -0.246. The number of carbonyl (C=O) groups excluding carboxylic acids is 1. The molecular weight excluding hydrogens is 266 g/mol. The van der Waals surface area contributed by atoms with Gasteiger partial charge in [-0.05, 0) is 30.3 Å². The highest BCUT2D eigenvalue weighted by Crippen LogP contribution is 2.33. The molecule has 2 aromatic carbocycles. The molecule has 0 bridgehead atoms. The summed E-state index contributed by atoms with van der Waals surface area (Å²) in [7, 11) is 1.58. The largest absolute Gasteiger partial charge is 0.508 e. The Labute approximate surface area is 122 Å². The molecule has 0 aromatic heterocycles. The Hall–Kier alpha value is -2.95. The zero-order valence-electron chi connectivity index (χ0n) is 11.6. The number of phenolic OH excluding ortho intramolecular Hbond substituents is 1. The maximum absolute atomic E-state index is 11.7. The average molecular weight is 281 g/mol. The van der Waals surface area contributed by atoms with Crippen LogP contribution in [-0.2, 0) is 4.79 Å². The Bertz CT molecular complexity index is 681. The topological polar surface area (TPSA) is 65.3 Å². The highest BCUT2D eigenvalue weighted by Gasteiger charge is 2.13. The van der Waals surface area contributed by atoms with E-state index in [0.29, 0.717) is 17.1 Å². The van der Waals surface area contributed by atoms with Crippen molar-refractivity contribution in [3.8, 4) is 5.75 Å². The van der Waals surface area contributed by atoms with Crippen LogP contribution in [0.4, 0.5) is 17.1 Å². The predicted molar refractivity (Wildman–Crippen MR) is 82.3 cm³/mol. The van der Waals surface area contributed by atoms with Crippen LogP contribution >= 0.6 is 0 Å². The van der Waals surface area contributed by atoms with Gasteiger partial charge in [-0.25, -0.2) is 0 Å². The molecule has 5 nitrogen and oxygen atoms in total. The van der Waals surface area contributed by atoms with E-state index in [1.54, 1.807) is 13.1 Å². The molecule has 0 saturated heterocycles. The highest BCUT2D eigenvalue weighted by atomic mass is 16.3. The van der Waals surface area contributed by atoms with Crippen molar-refractivity contribution < 1.29 is 9.90 Å². The number of likely N-dealkylation sites (N-methyl/N-ethyl adjacent to an activating group) is 1. The van der Waals surface area contributed by atoms with Crippen molar-refractivity contribution in [1.82, 2.24) is 0 Å². The minimum Gasteiger partial charge on any atom is -0.508 e. The maximum Gasteiger partial charge on any atom is 0.250 e. The molecule has 1 amide bonds. The fraction of sp³-hybridized carbons (Fsp3) is 0.0625. The predicted octanol–water partition coefficient (Wildman–Crippen LogP) is 3.96. The Morgan fingerprint density at radius 2 is 1.90 bits per heavy atom. The summed E-state index contributed by atoms with van der Waals surface area (Å²) in [5, 5.41) is 17.8. The minimum atomic E-state index is -0.295. The van der Waals surface area contributed by atoms with E-state index in [2.05, 4.69) is 16.8 Å². The lowest BCUT2D eigenvalue weighted by Gasteiger charge is -2.17. The van der Waals surface area contributed by atoms with Crippen molar-refractivity contribution in [2.45, 2.75) is 0 Å². The van der Waals surface area contributed by atoms with E-state index >= 15 is 0 Å². The molecule has 0 aliphatic heterocycles. The van der Waals surface area contributed by atoms with E-state index in [0.717, 1.165) is 0 Å². The van der Waals surface area contributed by atoms with Gasteiger partial charge in [-0.15, -0.1) is 5.11 Å². The van der Waals surface area contributed by atoms with E-state index < -0.39 is 0 Å². The van der Waals surface area contributed by atoms with Crippen LogP contribution in [0.2, 0.25) is 0 Å². The second-order valence-corrected chi connectivity index (χ2v) is 4.31. The molecule has 0 spiro atoms. The molecule has 21 heavy (non-hydrogen) atoms. The number of phenols is 1. The quantitative estimate of drug-likeness (QED) is 0.681. The molecule has 106 valence electrons. The third kappa shape index (κ3) is 3.54. The number of carbonyl (C=O) groups is 1. The van der Waals surface area contributed by atoms with Gasteiger partial charge in [0.25, 0.3) is 0 Å². The smallest absolute Gasteiger partial charge is 0.250 e. The summed E-state index contributed by atoms with van der Waals surface area (Å²) >= 11 is 0. The third-order valence-electron chi connectivity index (χ3n) is 2.85. The lowest BCUT2D eigenvalue weighted by atomic mass is 10.2. The van der Waals surface area contributed by atoms with Gasteiger partial charge in [0.2, 0.25) is 5.91 Å². The summed E-state index contributed by atoms with van der Waals surface area (Å²) in [5.41, 5.74) is 1.64. The SMILES string of the molecule is C=CC(=O)N(C)c1cc(O)ccc1N=Nc1ccccc1. The standard InChI is InChI=1S/C16H15N3O2/c1-3-16(21)19(2)15-11-13(20)9-10-14(15)18-17-12-7-5-4-6-8-12/h3-11,20H,1H2,2H3. The van der Waals surface area contributed by atoms with E-state index in [1.165, 1.54) is 23.1 Å². The second kappa shape index (κ2) is 6.47. The zero-order chi connectivity index (χ0) is 15.2. The summed E-state index contributed by atoms with van der Waals surface area (Å²) < 4.78 is 0. The van der Waals surface area contributed by atoms with Gasteiger partial charge < -0.3 is 10.0 Å². The van der Waals surface area contributed by atoms with Gasteiger partial charge >= 0.3 is 0 Å². The number of rotatable bonds is 4. The first-order valence-corrected chi connectivity index (χ1v) is 6.32. The summed E-state index contributed by atoms with van der Waals surface area (Å²) in [4.78, 5) is 13.1. The van der Waals surface area contributed by atoms with Crippen molar-refractivity contribution in [3.63, 3.8) is 0 Å².